The first-order valence-corrected chi connectivity index (χ1v) is 4.62. The number of ether oxygens (including phenoxy) is 1. The smallest absolute Gasteiger partial charge is 0.273 e. The summed E-state index contributed by atoms with van der Waals surface area (Å²) in [6, 6.07) is 3.51. The average molecular weight is 196 g/mol. The molecule has 78 valence electrons. The minimum absolute atomic E-state index is 0.117. The van der Waals surface area contributed by atoms with Gasteiger partial charge in [0.15, 0.2) is 0 Å². The van der Waals surface area contributed by atoms with Crippen molar-refractivity contribution in [1.29, 1.82) is 0 Å². The van der Waals surface area contributed by atoms with Crippen LogP contribution in [0.3, 0.4) is 0 Å². The minimum atomic E-state index is -0.129. The molecule has 0 aromatic carbocycles. The third-order valence-corrected chi connectivity index (χ3v) is 2.22. The summed E-state index contributed by atoms with van der Waals surface area (Å²) in [5.41, 5.74) is 5.68. The van der Waals surface area contributed by atoms with Gasteiger partial charge in [0.1, 0.15) is 0 Å². The molecule has 4 nitrogen and oxygen atoms in total. The van der Waals surface area contributed by atoms with Crippen molar-refractivity contribution in [3.63, 3.8) is 0 Å². The number of methoxy groups -OCH3 is 1. The second-order valence-electron chi connectivity index (χ2n) is 3.31. The third kappa shape index (κ3) is 2.35. The Labute approximate surface area is 83.3 Å². The summed E-state index contributed by atoms with van der Waals surface area (Å²) in [5, 5.41) is 0. The highest BCUT2D eigenvalue weighted by Gasteiger charge is 2.06. The SMILES string of the molecule is COCCC(C)n1cccc(N)c1=O. The first kappa shape index (κ1) is 10.8. The van der Waals surface area contributed by atoms with Gasteiger partial charge in [-0.15, -0.1) is 0 Å². The fourth-order valence-corrected chi connectivity index (χ4v) is 1.30. The monoisotopic (exact) mass is 196 g/mol. The second-order valence-corrected chi connectivity index (χ2v) is 3.31. The molecule has 1 rings (SSSR count). The fraction of sp³-hybridized carbons (Fsp3) is 0.500. The maximum absolute atomic E-state index is 11.6. The second kappa shape index (κ2) is 4.81. The van der Waals surface area contributed by atoms with Crippen LogP contribution in [0.4, 0.5) is 5.69 Å². The Bertz CT molecular complexity index is 346. The van der Waals surface area contributed by atoms with Gasteiger partial charge in [-0.25, -0.2) is 0 Å². The minimum Gasteiger partial charge on any atom is -0.394 e. The van der Waals surface area contributed by atoms with E-state index in [4.69, 9.17) is 10.5 Å². The van der Waals surface area contributed by atoms with Crippen LogP contribution < -0.4 is 11.3 Å². The molecule has 0 amide bonds. The summed E-state index contributed by atoms with van der Waals surface area (Å²) in [6.45, 7) is 2.61. The summed E-state index contributed by atoms with van der Waals surface area (Å²) in [7, 11) is 1.65. The van der Waals surface area contributed by atoms with E-state index in [0.29, 0.717) is 6.61 Å². The molecular formula is C10H16N2O2. The van der Waals surface area contributed by atoms with Crippen LogP contribution in [0.25, 0.3) is 0 Å². The van der Waals surface area contributed by atoms with Crippen LogP contribution in [-0.4, -0.2) is 18.3 Å². The van der Waals surface area contributed by atoms with Crippen LogP contribution in [0.15, 0.2) is 23.1 Å². The number of anilines is 1. The van der Waals surface area contributed by atoms with Gasteiger partial charge in [0.25, 0.3) is 5.56 Å². The van der Waals surface area contributed by atoms with E-state index in [1.807, 2.05) is 6.92 Å². The molecule has 0 aliphatic heterocycles. The molecule has 0 aliphatic carbocycles. The van der Waals surface area contributed by atoms with Crippen molar-refractivity contribution in [3.05, 3.63) is 28.7 Å². The molecule has 0 fully saturated rings. The summed E-state index contributed by atoms with van der Waals surface area (Å²) < 4.78 is 6.59. The number of aromatic nitrogens is 1. The predicted molar refractivity (Wildman–Crippen MR) is 56.3 cm³/mol. The van der Waals surface area contributed by atoms with E-state index in [0.717, 1.165) is 6.42 Å². The molecule has 14 heavy (non-hydrogen) atoms. The predicted octanol–water partition coefficient (Wildman–Crippen LogP) is 1.03. The largest absolute Gasteiger partial charge is 0.394 e. The lowest BCUT2D eigenvalue weighted by Gasteiger charge is -2.14. The van der Waals surface area contributed by atoms with Gasteiger partial charge in [-0.2, -0.15) is 0 Å². The molecular weight excluding hydrogens is 180 g/mol. The van der Waals surface area contributed by atoms with E-state index >= 15 is 0 Å². The number of rotatable bonds is 4. The molecule has 0 spiro atoms. The number of hydrogen-bond donors (Lipinski definition) is 1. The fourth-order valence-electron chi connectivity index (χ4n) is 1.30. The number of nitrogen functional groups attached to an aromatic ring is 1. The summed E-state index contributed by atoms with van der Waals surface area (Å²) in [4.78, 5) is 11.6. The normalized spacial score (nSPS) is 12.7. The number of pyridine rings is 1. The Morgan fingerprint density at radius 2 is 2.36 bits per heavy atom. The standard InChI is InChI=1S/C10H16N2O2/c1-8(5-7-14-2)12-6-3-4-9(11)10(12)13/h3-4,6,8H,5,7,11H2,1-2H3. The van der Waals surface area contributed by atoms with Crippen LogP contribution >= 0.6 is 0 Å². The third-order valence-electron chi connectivity index (χ3n) is 2.22. The Balaban J connectivity index is 2.84. The Kier molecular flexibility index (Phi) is 3.71. The van der Waals surface area contributed by atoms with Gasteiger partial charge in [-0.05, 0) is 25.5 Å². The number of nitrogens with zero attached hydrogens (tertiary/aromatic N) is 1. The van der Waals surface area contributed by atoms with Crippen molar-refractivity contribution < 1.29 is 4.74 Å². The van der Waals surface area contributed by atoms with Gasteiger partial charge < -0.3 is 15.0 Å². The van der Waals surface area contributed by atoms with Crippen LogP contribution in [-0.2, 0) is 4.74 Å². The van der Waals surface area contributed by atoms with Crippen LogP contribution in [0.1, 0.15) is 19.4 Å². The molecule has 1 unspecified atom stereocenters. The zero-order valence-electron chi connectivity index (χ0n) is 8.56. The van der Waals surface area contributed by atoms with E-state index in [9.17, 15) is 4.79 Å². The lowest BCUT2D eigenvalue weighted by Crippen LogP contribution is -2.25. The van der Waals surface area contributed by atoms with Gasteiger partial charge >= 0.3 is 0 Å². The maximum atomic E-state index is 11.6. The van der Waals surface area contributed by atoms with Crippen molar-refractivity contribution in [2.45, 2.75) is 19.4 Å². The number of hydrogen-bond acceptors (Lipinski definition) is 3. The Morgan fingerprint density at radius 1 is 1.64 bits per heavy atom. The lowest BCUT2D eigenvalue weighted by molar-refractivity contribution is 0.180. The summed E-state index contributed by atoms with van der Waals surface area (Å²) in [6.07, 6.45) is 2.55. The quantitative estimate of drug-likeness (QED) is 0.782. The van der Waals surface area contributed by atoms with Crippen molar-refractivity contribution in [1.82, 2.24) is 4.57 Å². The molecule has 1 aromatic heterocycles. The van der Waals surface area contributed by atoms with E-state index < -0.39 is 0 Å². The molecule has 1 heterocycles. The Hall–Kier alpha value is -1.29. The highest BCUT2D eigenvalue weighted by Crippen LogP contribution is 2.08. The van der Waals surface area contributed by atoms with Crippen molar-refractivity contribution in [2.24, 2.45) is 0 Å². The zero-order chi connectivity index (χ0) is 10.6. The lowest BCUT2D eigenvalue weighted by atomic mass is 10.2. The van der Waals surface area contributed by atoms with Crippen LogP contribution in [0.5, 0.6) is 0 Å². The highest BCUT2D eigenvalue weighted by atomic mass is 16.5. The van der Waals surface area contributed by atoms with Crippen molar-refractivity contribution in [3.8, 4) is 0 Å². The average Bonchev–Trinajstić information content (AvgIpc) is 2.18. The molecule has 0 saturated carbocycles. The molecule has 1 aromatic rings. The molecule has 0 aliphatic rings. The zero-order valence-corrected chi connectivity index (χ0v) is 8.56. The van der Waals surface area contributed by atoms with Gasteiger partial charge in [0.05, 0.1) is 5.69 Å². The molecule has 0 radical (unpaired) electrons. The van der Waals surface area contributed by atoms with Crippen molar-refractivity contribution in [2.75, 3.05) is 19.5 Å². The molecule has 4 heteroatoms. The van der Waals surface area contributed by atoms with Gasteiger partial charge in [-0.3, -0.25) is 4.79 Å². The van der Waals surface area contributed by atoms with E-state index in [-0.39, 0.29) is 17.3 Å². The summed E-state index contributed by atoms with van der Waals surface area (Å²) in [5.74, 6) is 0. The molecule has 0 bridgehead atoms. The first-order valence-electron chi connectivity index (χ1n) is 4.62. The van der Waals surface area contributed by atoms with Crippen LogP contribution in [0, 0.1) is 0 Å². The van der Waals surface area contributed by atoms with Gasteiger partial charge in [-0.1, -0.05) is 0 Å². The van der Waals surface area contributed by atoms with Crippen LogP contribution in [0.2, 0.25) is 0 Å². The van der Waals surface area contributed by atoms with Crippen molar-refractivity contribution >= 4 is 5.69 Å². The highest BCUT2D eigenvalue weighted by molar-refractivity contribution is 5.33. The van der Waals surface area contributed by atoms with E-state index in [1.54, 1.807) is 30.0 Å². The number of nitrogens with two attached hydrogens (primary N) is 1. The molecule has 1 atom stereocenters. The topological polar surface area (TPSA) is 57.2 Å². The first-order chi connectivity index (χ1) is 6.66. The van der Waals surface area contributed by atoms with E-state index in [2.05, 4.69) is 0 Å². The van der Waals surface area contributed by atoms with Gasteiger partial charge in [0, 0.05) is 26.0 Å². The molecule has 0 saturated heterocycles. The van der Waals surface area contributed by atoms with Gasteiger partial charge in [0.2, 0.25) is 0 Å². The summed E-state index contributed by atoms with van der Waals surface area (Å²) >= 11 is 0. The molecule has 2 N–H and O–H groups in total. The Morgan fingerprint density at radius 3 is 3.00 bits per heavy atom. The van der Waals surface area contributed by atoms with E-state index in [1.165, 1.54) is 0 Å². The maximum Gasteiger partial charge on any atom is 0.273 e.